The zero-order valence-electron chi connectivity index (χ0n) is 10.1. The summed E-state index contributed by atoms with van der Waals surface area (Å²) in [6.07, 6.45) is 0.998. The monoisotopic (exact) mass is 227 g/mol. The van der Waals surface area contributed by atoms with Gasteiger partial charge in [-0.2, -0.15) is 5.10 Å². The quantitative estimate of drug-likeness (QED) is 0.854. The molecule has 3 rings (SSSR count). The fourth-order valence-corrected chi connectivity index (χ4v) is 2.37. The molecule has 1 atom stereocenters. The second kappa shape index (κ2) is 4.24. The van der Waals surface area contributed by atoms with E-state index >= 15 is 0 Å². The predicted octanol–water partition coefficient (Wildman–Crippen LogP) is 2.65. The Bertz CT molecular complexity index is 501. The van der Waals surface area contributed by atoms with Crippen LogP contribution >= 0.6 is 0 Å². The molecule has 0 saturated carbocycles. The highest BCUT2D eigenvalue weighted by molar-refractivity contribution is 5.40. The molecule has 0 bridgehead atoms. The van der Waals surface area contributed by atoms with Crippen molar-refractivity contribution in [3.8, 4) is 0 Å². The highest BCUT2D eigenvalue weighted by Crippen LogP contribution is 2.25. The fraction of sp³-hybridized carbons (Fsp3) is 0.357. The summed E-state index contributed by atoms with van der Waals surface area (Å²) < 4.78 is 2.10. The van der Waals surface area contributed by atoms with Gasteiger partial charge in [0.1, 0.15) is 5.82 Å². The first-order chi connectivity index (χ1) is 8.36. The van der Waals surface area contributed by atoms with Gasteiger partial charge in [-0.05, 0) is 12.0 Å². The van der Waals surface area contributed by atoms with Crippen molar-refractivity contribution in [1.82, 2.24) is 9.78 Å². The van der Waals surface area contributed by atoms with Crippen LogP contribution in [0.3, 0.4) is 0 Å². The highest BCUT2D eigenvalue weighted by atomic mass is 15.3. The maximum Gasteiger partial charge on any atom is 0.124 e. The second-order valence-electron chi connectivity index (χ2n) is 4.55. The molecule has 2 heterocycles. The predicted molar refractivity (Wildman–Crippen MR) is 69.3 cm³/mol. The van der Waals surface area contributed by atoms with Gasteiger partial charge in [0.05, 0.1) is 12.2 Å². The molecule has 2 aromatic rings. The van der Waals surface area contributed by atoms with Crippen molar-refractivity contribution in [2.45, 2.75) is 25.8 Å². The van der Waals surface area contributed by atoms with E-state index in [0.29, 0.717) is 5.92 Å². The van der Waals surface area contributed by atoms with Gasteiger partial charge in [0.25, 0.3) is 0 Å². The molecule has 1 unspecified atom stereocenters. The van der Waals surface area contributed by atoms with E-state index in [4.69, 9.17) is 0 Å². The Morgan fingerprint density at radius 1 is 1.35 bits per heavy atom. The maximum absolute atomic E-state index is 4.60. The molecule has 1 aliphatic heterocycles. The van der Waals surface area contributed by atoms with Gasteiger partial charge in [-0.3, -0.25) is 0 Å². The molecule has 0 fully saturated rings. The number of fused-ring (bicyclic) bond motifs is 1. The topological polar surface area (TPSA) is 29.9 Å². The van der Waals surface area contributed by atoms with Gasteiger partial charge in [-0.1, -0.05) is 37.3 Å². The minimum absolute atomic E-state index is 0.522. The third-order valence-electron chi connectivity index (χ3n) is 3.39. The zero-order chi connectivity index (χ0) is 11.7. The first kappa shape index (κ1) is 10.4. The lowest BCUT2D eigenvalue weighted by atomic mass is 9.98. The van der Waals surface area contributed by atoms with E-state index in [9.17, 15) is 0 Å². The molecule has 0 saturated heterocycles. The molecule has 1 aromatic heterocycles. The van der Waals surface area contributed by atoms with E-state index in [2.05, 4.69) is 58.4 Å². The Kier molecular flexibility index (Phi) is 2.59. The van der Waals surface area contributed by atoms with Crippen LogP contribution in [0.4, 0.5) is 5.82 Å². The first-order valence-electron chi connectivity index (χ1n) is 6.22. The summed E-state index contributed by atoms with van der Waals surface area (Å²) in [4.78, 5) is 0. The molecule has 0 amide bonds. The summed E-state index contributed by atoms with van der Waals surface area (Å²) in [7, 11) is 0. The number of aryl methyl sites for hydroxylation is 1. The van der Waals surface area contributed by atoms with E-state index in [-0.39, 0.29) is 0 Å². The number of benzene rings is 1. The number of hydrogen-bond donors (Lipinski definition) is 1. The summed E-state index contributed by atoms with van der Waals surface area (Å²) in [6.45, 7) is 4.12. The molecule has 88 valence electrons. The Morgan fingerprint density at radius 3 is 2.94 bits per heavy atom. The Morgan fingerprint density at radius 2 is 2.18 bits per heavy atom. The van der Waals surface area contributed by atoms with E-state index in [0.717, 1.165) is 25.3 Å². The third kappa shape index (κ3) is 1.93. The molecule has 3 heteroatoms. The summed E-state index contributed by atoms with van der Waals surface area (Å²) in [5, 5.41) is 8.07. The van der Waals surface area contributed by atoms with Crippen LogP contribution in [-0.4, -0.2) is 16.3 Å². The van der Waals surface area contributed by atoms with Crippen molar-refractivity contribution < 1.29 is 0 Å². The number of nitrogens with zero attached hydrogens (tertiary/aromatic N) is 2. The molecular formula is C14H17N3. The van der Waals surface area contributed by atoms with Crippen molar-refractivity contribution in [2.24, 2.45) is 0 Å². The maximum atomic E-state index is 4.60. The first-order valence-corrected chi connectivity index (χ1v) is 6.22. The zero-order valence-corrected chi connectivity index (χ0v) is 10.1. The summed E-state index contributed by atoms with van der Waals surface area (Å²) in [6, 6.07) is 12.8. The number of aromatic nitrogens is 2. The van der Waals surface area contributed by atoms with Crippen molar-refractivity contribution in [2.75, 3.05) is 11.9 Å². The average Bonchev–Trinajstić information content (AvgIpc) is 2.81. The highest BCUT2D eigenvalue weighted by Gasteiger charge is 2.20. The van der Waals surface area contributed by atoms with Crippen LogP contribution < -0.4 is 5.32 Å². The van der Waals surface area contributed by atoms with Crippen molar-refractivity contribution in [3.05, 3.63) is 47.7 Å². The van der Waals surface area contributed by atoms with Gasteiger partial charge < -0.3 is 5.32 Å². The largest absolute Gasteiger partial charge is 0.370 e. The molecule has 1 aliphatic rings. The van der Waals surface area contributed by atoms with Gasteiger partial charge in [-0.15, -0.1) is 0 Å². The number of hydrogen-bond acceptors (Lipinski definition) is 2. The van der Waals surface area contributed by atoms with Crippen LogP contribution in [0.2, 0.25) is 0 Å². The van der Waals surface area contributed by atoms with Gasteiger partial charge in [0.15, 0.2) is 0 Å². The summed E-state index contributed by atoms with van der Waals surface area (Å²) in [5.41, 5.74) is 2.56. The van der Waals surface area contributed by atoms with Gasteiger partial charge in [-0.25, -0.2) is 4.68 Å². The Labute approximate surface area is 101 Å². The Balaban J connectivity index is 1.85. The SMILES string of the molecule is CCc1cc2n(n1)CC(c1ccccc1)CN2. The molecular weight excluding hydrogens is 210 g/mol. The lowest BCUT2D eigenvalue weighted by Crippen LogP contribution is -2.26. The van der Waals surface area contributed by atoms with Crippen molar-refractivity contribution >= 4 is 5.82 Å². The van der Waals surface area contributed by atoms with Gasteiger partial charge in [0.2, 0.25) is 0 Å². The van der Waals surface area contributed by atoms with Crippen LogP contribution in [0.1, 0.15) is 24.1 Å². The molecule has 17 heavy (non-hydrogen) atoms. The molecule has 0 radical (unpaired) electrons. The summed E-state index contributed by atoms with van der Waals surface area (Å²) >= 11 is 0. The van der Waals surface area contributed by atoms with E-state index in [1.165, 1.54) is 11.3 Å². The minimum atomic E-state index is 0.522. The van der Waals surface area contributed by atoms with Crippen molar-refractivity contribution in [1.29, 1.82) is 0 Å². The molecule has 1 aromatic carbocycles. The number of rotatable bonds is 2. The van der Waals surface area contributed by atoms with E-state index < -0.39 is 0 Å². The van der Waals surface area contributed by atoms with Crippen LogP contribution in [0.5, 0.6) is 0 Å². The summed E-state index contributed by atoms with van der Waals surface area (Å²) in [5.74, 6) is 1.68. The van der Waals surface area contributed by atoms with E-state index in [1.54, 1.807) is 0 Å². The number of anilines is 1. The van der Waals surface area contributed by atoms with Crippen molar-refractivity contribution in [3.63, 3.8) is 0 Å². The lowest BCUT2D eigenvalue weighted by molar-refractivity contribution is 0.502. The van der Waals surface area contributed by atoms with Gasteiger partial charge in [0, 0.05) is 18.5 Å². The van der Waals surface area contributed by atoms with Gasteiger partial charge >= 0.3 is 0 Å². The number of nitrogens with one attached hydrogen (secondary N) is 1. The minimum Gasteiger partial charge on any atom is -0.370 e. The smallest absolute Gasteiger partial charge is 0.124 e. The standard InChI is InChI=1S/C14H17N3/c1-2-13-8-14-15-9-12(10-17(14)16-13)11-6-4-3-5-7-11/h3-8,12,15H,2,9-10H2,1H3. The van der Waals surface area contributed by atoms with E-state index in [1.807, 2.05) is 0 Å². The van der Waals surface area contributed by atoms with Crippen LogP contribution in [0.25, 0.3) is 0 Å². The molecule has 0 spiro atoms. The molecule has 0 aliphatic carbocycles. The molecule has 1 N–H and O–H groups in total. The average molecular weight is 227 g/mol. The lowest BCUT2D eigenvalue weighted by Gasteiger charge is -2.25. The fourth-order valence-electron chi connectivity index (χ4n) is 2.37. The third-order valence-corrected chi connectivity index (χ3v) is 3.39. The van der Waals surface area contributed by atoms with Crippen LogP contribution in [0, 0.1) is 0 Å². The normalized spacial score (nSPS) is 18.5. The van der Waals surface area contributed by atoms with Crippen LogP contribution in [0.15, 0.2) is 36.4 Å². The Hall–Kier alpha value is -1.77. The molecule has 3 nitrogen and oxygen atoms in total. The second-order valence-corrected chi connectivity index (χ2v) is 4.55. The van der Waals surface area contributed by atoms with Crippen LogP contribution in [-0.2, 0) is 13.0 Å².